The first kappa shape index (κ1) is 18.5. The molecule has 122 valence electrons. The largest absolute Gasteiger partial charge is 0.350 e. The lowest BCUT2D eigenvalue weighted by Gasteiger charge is -2.22. The van der Waals surface area contributed by atoms with Gasteiger partial charge in [0.25, 0.3) is 5.91 Å². The van der Waals surface area contributed by atoms with Crippen LogP contribution in [-0.2, 0) is 4.79 Å². The molecule has 22 heavy (non-hydrogen) atoms. The fourth-order valence-electron chi connectivity index (χ4n) is 2.45. The number of para-hydroxylation sites is 1. The Labute approximate surface area is 137 Å². The van der Waals surface area contributed by atoms with Crippen molar-refractivity contribution in [2.45, 2.75) is 32.7 Å². The molecule has 0 atom stereocenters. The van der Waals surface area contributed by atoms with E-state index < -0.39 is 0 Å². The summed E-state index contributed by atoms with van der Waals surface area (Å²) in [6, 6.07) is 7.19. The first-order valence-corrected chi connectivity index (χ1v) is 7.49. The number of anilines is 1. The van der Waals surface area contributed by atoms with Gasteiger partial charge < -0.3 is 16.0 Å². The first-order chi connectivity index (χ1) is 10.1. The summed E-state index contributed by atoms with van der Waals surface area (Å²) in [5, 5.41) is 9.00. The number of benzene rings is 1. The van der Waals surface area contributed by atoms with E-state index in [2.05, 4.69) is 16.0 Å². The van der Waals surface area contributed by atoms with Crippen LogP contribution < -0.4 is 16.0 Å². The van der Waals surface area contributed by atoms with Gasteiger partial charge in [-0.15, -0.1) is 12.4 Å². The van der Waals surface area contributed by atoms with Gasteiger partial charge in [-0.25, -0.2) is 0 Å². The number of carbonyl (C=O) groups excluding carboxylic acids is 2. The second kappa shape index (κ2) is 8.76. The molecule has 0 radical (unpaired) electrons. The van der Waals surface area contributed by atoms with Crippen LogP contribution in [0.25, 0.3) is 0 Å². The summed E-state index contributed by atoms with van der Waals surface area (Å²) in [4.78, 5) is 24.5. The van der Waals surface area contributed by atoms with Crippen molar-refractivity contribution in [2.75, 3.05) is 18.4 Å². The fourth-order valence-corrected chi connectivity index (χ4v) is 2.45. The number of hydrogen-bond acceptors (Lipinski definition) is 3. The summed E-state index contributed by atoms with van der Waals surface area (Å²) in [7, 11) is 0. The predicted octanol–water partition coefficient (Wildman–Crippen LogP) is 2.18. The maximum atomic E-state index is 12.3. The first-order valence-electron chi connectivity index (χ1n) is 7.49. The van der Waals surface area contributed by atoms with Crippen LogP contribution >= 0.6 is 12.4 Å². The SMILES string of the molecule is CC(C)NC(=O)c1ccccc1NC(=O)C1CCNCC1.Cl. The molecule has 0 aromatic heterocycles. The van der Waals surface area contributed by atoms with Crippen LogP contribution in [0.5, 0.6) is 0 Å². The van der Waals surface area contributed by atoms with Crippen molar-refractivity contribution < 1.29 is 9.59 Å². The highest BCUT2D eigenvalue weighted by Crippen LogP contribution is 2.19. The minimum absolute atomic E-state index is 0. The Morgan fingerprint density at radius 2 is 1.82 bits per heavy atom. The third-order valence-electron chi connectivity index (χ3n) is 3.56. The number of piperidine rings is 1. The molecule has 6 heteroatoms. The molecule has 0 unspecified atom stereocenters. The average molecular weight is 326 g/mol. The molecule has 1 saturated heterocycles. The smallest absolute Gasteiger partial charge is 0.253 e. The zero-order valence-corrected chi connectivity index (χ0v) is 13.8. The Balaban J connectivity index is 0.00000242. The zero-order chi connectivity index (χ0) is 15.2. The molecule has 1 fully saturated rings. The second-order valence-corrected chi connectivity index (χ2v) is 5.69. The molecule has 5 nitrogen and oxygen atoms in total. The number of halogens is 1. The normalized spacial score (nSPS) is 15.0. The van der Waals surface area contributed by atoms with E-state index in [1.54, 1.807) is 18.2 Å². The van der Waals surface area contributed by atoms with Crippen molar-refractivity contribution in [3.05, 3.63) is 29.8 Å². The Bertz CT molecular complexity index is 514. The van der Waals surface area contributed by atoms with Gasteiger partial charge >= 0.3 is 0 Å². The van der Waals surface area contributed by atoms with Crippen LogP contribution in [0.4, 0.5) is 5.69 Å². The number of carbonyl (C=O) groups is 2. The molecule has 0 saturated carbocycles. The van der Waals surface area contributed by atoms with Gasteiger partial charge in [-0.2, -0.15) is 0 Å². The Hall–Kier alpha value is -1.59. The quantitative estimate of drug-likeness (QED) is 0.794. The maximum Gasteiger partial charge on any atom is 0.253 e. The molecule has 1 aromatic carbocycles. The molecule has 1 aromatic rings. The van der Waals surface area contributed by atoms with Crippen molar-refractivity contribution in [3.63, 3.8) is 0 Å². The molecule has 0 spiro atoms. The number of hydrogen-bond donors (Lipinski definition) is 3. The van der Waals surface area contributed by atoms with Gasteiger partial charge in [0, 0.05) is 12.0 Å². The fraction of sp³-hybridized carbons (Fsp3) is 0.500. The monoisotopic (exact) mass is 325 g/mol. The van der Waals surface area contributed by atoms with Gasteiger partial charge in [-0.3, -0.25) is 9.59 Å². The molecule has 0 bridgehead atoms. The topological polar surface area (TPSA) is 70.2 Å². The average Bonchev–Trinajstić information content (AvgIpc) is 2.48. The van der Waals surface area contributed by atoms with Gasteiger partial charge in [-0.05, 0) is 51.9 Å². The lowest BCUT2D eigenvalue weighted by atomic mass is 9.97. The summed E-state index contributed by atoms with van der Waals surface area (Å²) >= 11 is 0. The van der Waals surface area contributed by atoms with E-state index in [-0.39, 0.29) is 36.2 Å². The van der Waals surface area contributed by atoms with Crippen molar-refractivity contribution in [1.82, 2.24) is 10.6 Å². The van der Waals surface area contributed by atoms with Crippen molar-refractivity contribution in [2.24, 2.45) is 5.92 Å². The summed E-state index contributed by atoms with van der Waals surface area (Å²) in [5.41, 5.74) is 1.09. The Kier molecular flexibility index (Phi) is 7.35. The molecule has 2 rings (SSSR count). The van der Waals surface area contributed by atoms with E-state index in [0.717, 1.165) is 25.9 Å². The van der Waals surface area contributed by atoms with E-state index in [0.29, 0.717) is 11.3 Å². The summed E-state index contributed by atoms with van der Waals surface area (Å²) < 4.78 is 0. The maximum absolute atomic E-state index is 12.3. The second-order valence-electron chi connectivity index (χ2n) is 5.69. The number of amides is 2. The molecular formula is C16H24ClN3O2. The minimum Gasteiger partial charge on any atom is -0.350 e. The Morgan fingerprint density at radius 3 is 2.45 bits per heavy atom. The van der Waals surface area contributed by atoms with Gasteiger partial charge in [0.05, 0.1) is 11.3 Å². The molecule has 2 amide bonds. The van der Waals surface area contributed by atoms with Crippen molar-refractivity contribution in [3.8, 4) is 0 Å². The van der Waals surface area contributed by atoms with E-state index in [4.69, 9.17) is 0 Å². The summed E-state index contributed by atoms with van der Waals surface area (Å²) in [6.45, 7) is 5.56. The highest BCUT2D eigenvalue weighted by molar-refractivity contribution is 6.04. The number of nitrogens with one attached hydrogen (secondary N) is 3. The van der Waals surface area contributed by atoms with E-state index >= 15 is 0 Å². The van der Waals surface area contributed by atoms with E-state index in [9.17, 15) is 9.59 Å². The lowest BCUT2D eigenvalue weighted by molar-refractivity contribution is -0.120. The van der Waals surface area contributed by atoms with Gasteiger partial charge in [0.2, 0.25) is 5.91 Å². The predicted molar refractivity (Wildman–Crippen MR) is 90.5 cm³/mol. The highest BCUT2D eigenvalue weighted by atomic mass is 35.5. The van der Waals surface area contributed by atoms with E-state index in [1.807, 2.05) is 19.9 Å². The van der Waals surface area contributed by atoms with Crippen LogP contribution in [0, 0.1) is 5.92 Å². The number of rotatable bonds is 4. The highest BCUT2D eigenvalue weighted by Gasteiger charge is 2.22. The van der Waals surface area contributed by atoms with Crippen LogP contribution in [-0.4, -0.2) is 30.9 Å². The van der Waals surface area contributed by atoms with Crippen molar-refractivity contribution in [1.29, 1.82) is 0 Å². The van der Waals surface area contributed by atoms with Crippen LogP contribution in [0.3, 0.4) is 0 Å². The summed E-state index contributed by atoms with van der Waals surface area (Å²) in [6.07, 6.45) is 1.68. The summed E-state index contributed by atoms with van der Waals surface area (Å²) in [5.74, 6) is -0.139. The van der Waals surface area contributed by atoms with Gasteiger partial charge in [-0.1, -0.05) is 12.1 Å². The third kappa shape index (κ3) is 5.00. The molecule has 1 aliphatic rings. The van der Waals surface area contributed by atoms with Gasteiger partial charge in [0.1, 0.15) is 0 Å². The zero-order valence-electron chi connectivity index (χ0n) is 13.0. The lowest BCUT2D eigenvalue weighted by Crippen LogP contribution is -2.35. The van der Waals surface area contributed by atoms with E-state index in [1.165, 1.54) is 0 Å². The molecule has 3 N–H and O–H groups in total. The standard InChI is InChI=1S/C16H23N3O2.ClH/c1-11(2)18-16(21)13-5-3-4-6-14(13)19-15(20)12-7-9-17-10-8-12;/h3-6,11-12,17H,7-10H2,1-2H3,(H,18,21)(H,19,20);1H. The molecule has 0 aliphatic carbocycles. The van der Waals surface area contributed by atoms with Crippen LogP contribution in [0.2, 0.25) is 0 Å². The molecule has 1 heterocycles. The van der Waals surface area contributed by atoms with Crippen LogP contribution in [0.1, 0.15) is 37.0 Å². The minimum atomic E-state index is -0.161. The third-order valence-corrected chi connectivity index (χ3v) is 3.56. The van der Waals surface area contributed by atoms with Crippen molar-refractivity contribution >= 4 is 29.9 Å². The molecule has 1 aliphatic heterocycles. The Morgan fingerprint density at radius 1 is 1.18 bits per heavy atom. The van der Waals surface area contributed by atoms with Gasteiger partial charge in [0.15, 0.2) is 0 Å². The van der Waals surface area contributed by atoms with Crippen LogP contribution in [0.15, 0.2) is 24.3 Å². The molecular weight excluding hydrogens is 302 g/mol.